The van der Waals surface area contributed by atoms with Crippen LogP contribution in [0.1, 0.15) is 20.7 Å². The summed E-state index contributed by atoms with van der Waals surface area (Å²) in [6.07, 6.45) is 1.43. The van der Waals surface area contributed by atoms with E-state index >= 15 is 0 Å². The molecule has 0 atom stereocenters. The van der Waals surface area contributed by atoms with Crippen LogP contribution in [0.15, 0.2) is 30.5 Å². The van der Waals surface area contributed by atoms with Crippen LogP contribution in [0.3, 0.4) is 0 Å². The van der Waals surface area contributed by atoms with Crippen molar-refractivity contribution >= 4 is 52.4 Å². The highest BCUT2D eigenvalue weighted by Crippen LogP contribution is 2.31. The Hall–Kier alpha value is -1.82. The lowest BCUT2D eigenvalue weighted by Crippen LogP contribution is -2.16. The van der Waals surface area contributed by atoms with Crippen molar-refractivity contribution in [3.8, 4) is 0 Å². The first-order valence-electron chi connectivity index (χ1n) is 5.54. The Morgan fingerprint density at radius 3 is 2.48 bits per heavy atom. The summed E-state index contributed by atoms with van der Waals surface area (Å²) in [4.78, 5) is 27.1. The van der Waals surface area contributed by atoms with Crippen molar-refractivity contribution in [2.75, 3.05) is 5.32 Å². The molecular weight excluding hydrogens is 339 g/mol. The lowest BCUT2D eigenvalue weighted by Gasteiger charge is -2.11. The molecule has 8 heteroatoms. The van der Waals surface area contributed by atoms with E-state index in [1.807, 2.05) is 0 Å². The van der Waals surface area contributed by atoms with Gasteiger partial charge in [-0.05, 0) is 24.3 Å². The molecule has 108 valence electrons. The number of nitrogens with zero attached hydrogens (tertiary/aromatic N) is 1. The summed E-state index contributed by atoms with van der Waals surface area (Å²) in [6.45, 7) is 0. The number of aromatic nitrogens is 1. The third kappa shape index (κ3) is 3.44. The topological polar surface area (TPSA) is 79.3 Å². The molecule has 1 amide bonds. The Labute approximate surface area is 134 Å². The van der Waals surface area contributed by atoms with E-state index in [4.69, 9.17) is 39.9 Å². The van der Waals surface area contributed by atoms with Crippen LogP contribution in [0, 0.1) is 0 Å². The van der Waals surface area contributed by atoms with Crippen molar-refractivity contribution < 1.29 is 14.7 Å². The molecule has 1 heterocycles. The first-order chi connectivity index (χ1) is 9.90. The molecule has 0 spiro atoms. The zero-order valence-corrected chi connectivity index (χ0v) is 12.5. The second-order valence-corrected chi connectivity index (χ2v) is 5.11. The number of nitrogens with one attached hydrogen (secondary N) is 1. The number of benzene rings is 1. The van der Waals surface area contributed by atoms with E-state index in [1.165, 1.54) is 30.5 Å². The molecule has 2 rings (SSSR count). The molecule has 0 aliphatic carbocycles. The number of carboxylic acids is 1. The standard InChI is InChI=1S/C13H7Cl3N2O3/c14-6-4-8(13(20)21)10(9(15)5-6)18-12(19)7-2-1-3-17-11(7)16/h1-5H,(H,18,19)(H,20,21). The van der Waals surface area contributed by atoms with Crippen molar-refractivity contribution in [1.29, 1.82) is 0 Å². The Balaban J connectivity index is 2.42. The van der Waals surface area contributed by atoms with E-state index in [0.29, 0.717) is 0 Å². The molecule has 0 aliphatic rings. The van der Waals surface area contributed by atoms with Crippen LogP contribution < -0.4 is 5.32 Å². The lowest BCUT2D eigenvalue weighted by molar-refractivity contribution is 0.0698. The minimum Gasteiger partial charge on any atom is -0.478 e. The molecular formula is C13H7Cl3N2O3. The average Bonchev–Trinajstić information content (AvgIpc) is 2.41. The minimum atomic E-state index is -1.27. The van der Waals surface area contributed by atoms with Crippen LogP contribution in [-0.4, -0.2) is 22.0 Å². The van der Waals surface area contributed by atoms with Gasteiger partial charge in [0.05, 0.1) is 21.8 Å². The van der Waals surface area contributed by atoms with Gasteiger partial charge in [0.1, 0.15) is 5.15 Å². The second-order valence-electron chi connectivity index (χ2n) is 3.91. The molecule has 21 heavy (non-hydrogen) atoms. The van der Waals surface area contributed by atoms with E-state index in [2.05, 4.69) is 10.3 Å². The number of hydrogen-bond donors (Lipinski definition) is 2. The summed E-state index contributed by atoms with van der Waals surface area (Å²) in [5.74, 6) is -1.90. The van der Waals surface area contributed by atoms with Crippen molar-refractivity contribution in [2.24, 2.45) is 0 Å². The highest BCUT2D eigenvalue weighted by Gasteiger charge is 2.19. The zero-order chi connectivity index (χ0) is 15.6. The Bertz CT molecular complexity index is 735. The van der Waals surface area contributed by atoms with Crippen LogP contribution in [0.5, 0.6) is 0 Å². The first kappa shape index (κ1) is 15.6. The van der Waals surface area contributed by atoms with E-state index in [1.54, 1.807) is 0 Å². The second kappa shape index (κ2) is 6.30. The number of halogens is 3. The van der Waals surface area contributed by atoms with Gasteiger partial charge in [-0.2, -0.15) is 0 Å². The summed E-state index contributed by atoms with van der Waals surface area (Å²) in [7, 11) is 0. The van der Waals surface area contributed by atoms with E-state index in [9.17, 15) is 9.59 Å². The molecule has 0 fully saturated rings. The summed E-state index contributed by atoms with van der Waals surface area (Å²) in [5.41, 5.74) is -0.180. The van der Waals surface area contributed by atoms with Gasteiger partial charge in [0.15, 0.2) is 0 Å². The average molecular weight is 346 g/mol. The number of amides is 1. The van der Waals surface area contributed by atoms with Crippen LogP contribution in [0.25, 0.3) is 0 Å². The Morgan fingerprint density at radius 1 is 1.14 bits per heavy atom. The van der Waals surface area contributed by atoms with Gasteiger partial charge in [0.2, 0.25) is 0 Å². The molecule has 0 aliphatic heterocycles. The van der Waals surface area contributed by atoms with Crippen LogP contribution in [-0.2, 0) is 0 Å². The zero-order valence-electron chi connectivity index (χ0n) is 10.2. The number of carbonyl (C=O) groups excluding carboxylic acids is 1. The van der Waals surface area contributed by atoms with E-state index < -0.39 is 11.9 Å². The molecule has 2 aromatic rings. The number of aromatic carboxylic acids is 1. The maximum Gasteiger partial charge on any atom is 0.337 e. The van der Waals surface area contributed by atoms with Gasteiger partial charge in [-0.1, -0.05) is 34.8 Å². The van der Waals surface area contributed by atoms with Gasteiger partial charge < -0.3 is 10.4 Å². The summed E-state index contributed by atoms with van der Waals surface area (Å²) in [6, 6.07) is 5.50. The largest absolute Gasteiger partial charge is 0.478 e. The van der Waals surface area contributed by atoms with E-state index in [-0.39, 0.29) is 32.0 Å². The minimum absolute atomic E-state index is 0.00281. The third-order valence-electron chi connectivity index (χ3n) is 2.53. The normalized spacial score (nSPS) is 10.2. The number of anilines is 1. The molecule has 0 radical (unpaired) electrons. The predicted octanol–water partition coefficient (Wildman–Crippen LogP) is 3.99. The molecule has 0 saturated heterocycles. The van der Waals surface area contributed by atoms with Gasteiger partial charge in [0.25, 0.3) is 5.91 Å². The highest BCUT2D eigenvalue weighted by molar-refractivity contribution is 6.38. The number of carbonyl (C=O) groups is 2. The fourth-order valence-corrected chi connectivity index (χ4v) is 2.35. The van der Waals surface area contributed by atoms with Crippen LogP contribution in [0.4, 0.5) is 5.69 Å². The van der Waals surface area contributed by atoms with Crippen LogP contribution in [0.2, 0.25) is 15.2 Å². The molecule has 0 saturated carbocycles. The summed E-state index contributed by atoms with van der Waals surface area (Å²) < 4.78 is 0. The Kier molecular flexibility index (Phi) is 4.67. The van der Waals surface area contributed by atoms with Gasteiger partial charge >= 0.3 is 5.97 Å². The first-order valence-corrected chi connectivity index (χ1v) is 6.67. The maximum absolute atomic E-state index is 12.1. The van der Waals surface area contributed by atoms with Gasteiger partial charge in [-0.25, -0.2) is 9.78 Å². The van der Waals surface area contributed by atoms with Gasteiger partial charge in [-0.15, -0.1) is 0 Å². The van der Waals surface area contributed by atoms with E-state index in [0.717, 1.165) is 0 Å². The van der Waals surface area contributed by atoms with Crippen molar-refractivity contribution in [3.63, 3.8) is 0 Å². The van der Waals surface area contributed by atoms with Gasteiger partial charge in [0, 0.05) is 11.2 Å². The molecule has 1 aromatic heterocycles. The maximum atomic E-state index is 12.1. The molecule has 5 nitrogen and oxygen atoms in total. The van der Waals surface area contributed by atoms with Gasteiger partial charge in [-0.3, -0.25) is 4.79 Å². The van der Waals surface area contributed by atoms with Crippen molar-refractivity contribution in [1.82, 2.24) is 4.98 Å². The summed E-state index contributed by atoms with van der Waals surface area (Å²) in [5, 5.41) is 11.7. The number of hydrogen-bond acceptors (Lipinski definition) is 3. The number of carboxylic acid groups (broad SMARTS) is 1. The predicted molar refractivity (Wildman–Crippen MR) is 80.6 cm³/mol. The molecule has 1 aromatic carbocycles. The fraction of sp³-hybridized carbons (Fsp3) is 0. The molecule has 0 unspecified atom stereocenters. The van der Waals surface area contributed by atoms with Crippen molar-refractivity contribution in [2.45, 2.75) is 0 Å². The molecule has 2 N–H and O–H groups in total. The Morgan fingerprint density at radius 2 is 1.86 bits per heavy atom. The number of pyridine rings is 1. The molecule has 0 bridgehead atoms. The third-order valence-corrected chi connectivity index (χ3v) is 3.35. The fourth-order valence-electron chi connectivity index (χ4n) is 1.61. The lowest BCUT2D eigenvalue weighted by atomic mass is 10.1. The summed E-state index contributed by atoms with van der Waals surface area (Å²) >= 11 is 17.5. The quantitative estimate of drug-likeness (QED) is 0.824. The highest BCUT2D eigenvalue weighted by atomic mass is 35.5. The SMILES string of the molecule is O=C(Nc1c(Cl)cc(Cl)cc1C(=O)O)c1cccnc1Cl. The number of rotatable bonds is 3. The smallest absolute Gasteiger partial charge is 0.337 e. The van der Waals surface area contributed by atoms with Crippen molar-refractivity contribution in [3.05, 3.63) is 56.8 Å². The monoisotopic (exact) mass is 344 g/mol. The van der Waals surface area contributed by atoms with Crippen LogP contribution >= 0.6 is 34.8 Å².